The van der Waals surface area contributed by atoms with Crippen LogP contribution in [0, 0.1) is 11.8 Å². The van der Waals surface area contributed by atoms with Crippen molar-refractivity contribution in [3.05, 3.63) is 0 Å². The summed E-state index contributed by atoms with van der Waals surface area (Å²) in [6.07, 6.45) is 6.19. The molecule has 2 rings (SSSR count). The van der Waals surface area contributed by atoms with Gasteiger partial charge >= 0.3 is 0 Å². The van der Waals surface area contributed by atoms with E-state index in [2.05, 4.69) is 17.3 Å². The van der Waals surface area contributed by atoms with Gasteiger partial charge in [0, 0.05) is 25.1 Å². The topological polar surface area (TPSA) is 52.6 Å². The third-order valence-electron chi connectivity index (χ3n) is 4.49. The molecule has 1 atom stereocenters. The zero-order chi connectivity index (χ0) is 13.0. The quantitative estimate of drug-likeness (QED) is 0.787. The highest BCUT2D eigenvalue weighted by molar-refractivity contribution is 5.79. The monoisotopic (exact) mass is 254 g/mol. The van der Waals surface area contributed by atoms with Gasteiger partial charge in [-0.2, -0.15) is 0 Å². The summed E-state index contributed by atoms with van der Waals surface area (Å²) in [7, 11) is 2.10. The molecular weight excluding hydrogens is 228 g/mol. The van der Waals surface area contributed by atoms with E-state index >= 15 is 0 Å². The highest BCUT2D eigenvalue weighted by Crippen LogP contribution is 2.30. The Bertz CT molecular complexity index is 275. The summed E-state index contributed by atoms with van der Waals surface area (Å²) in [6.45, 7) is 2.37. The van der Waals surface area contributed by atoms with Crippen molar-refractivity contribution in [2.24, 2.45) is 11.8 Å². The lowest BCUT2D eigenvalue weighted by Crippen LogP contribution is -2.41. The maximum Gasteiger partial charge on any atom is 0.223 e. The van der Waals surface area contributed by atoms with Crippen molar-refractivity contribution in [1.29, 1.82) is 0 Å². The molecule has 0 radical (unpaired) electrons. The highest BCUT2D eigenvalue weighted by atomic mass is 16.3. The SMILES string of the molecule is CN1CCC(NC(=O)C2CCC(CCO)CC2)C1. The van der Waals surface area contributed by atoms with Gasteiger partial charge in [-0.25, -0.2) is 0 Å². The Hall–Kier alpha value is -0.610. The van der Waals surface area contributed by atoms with Gasteiger partial charge in [0.2, 0.25) is 5.91 Å². The van der Waals surface area contributed by atoms with Crippen LogP contribution in [-0.2, 0) is 4.79 Å². The second-order valence-corrected chi connectivity index (χ2v) is 5.99. The lowest BCUT2D eigenvalue weighted by Gasteiger charge is -2.28. The molecule has 1 aliphatic heterocycles. The van der Waals surface area contributed by atoms with E-state index in [1.165, 1.54) is 0 Å². The fraction of sp³-hybridized carbons (Fsp3) is 0.929. The molecule has 1 heterocycles. The zero-order valence-corrected chi connectivity index (χ0v) is 11.4. The van der Waals surface area contributed by atoms with Gasteiger partial charge in [0.05, 0.1) is 0 Å². The van der Waals surface area contributed by atoms with Crippen LogP contribution in [0.2, 0.25) is 0 Å². The van der Waals surface area contributed by atoms with Gasteiger partial charge in [-0.15, -0.1) is 0 Å². The van der Waals surface area contributed by atoms with E-state index in [0.717, 1.165) is 51.6 Å². The Kier molecular flexibility index (Phi) is 5.01. The summed E-state index contributed by atoms with van der Waals surface area (Å²) in [5.74, 6) is 1.11. The molecule has 104 valence electrons. The van der Waals surface area contributed by atoms with Crippen LogP contribution in [0.25, 0.3) is 0 Å². The molecular formula is C14H26N2O2. The number of aliphatic hydroxyl groups excluding tert-OH is 1. The van der Waals surface area contributed by atoms with Crippen LogP contribution >= 0.6 is 0 Å². The maximum absolute atomic E-state index is 12.1. The molecule has 2 aliphatic rings. The number of hydrogen-bond acceptors (Lipinski definition) is 3. The number of hydrogen-bond donors (Lipinski definition) is 2. The van der Waals surface area contributed by atoms with Gasteiger partial charge in [0.25, 0.3) is 0 Å². The number of nitrogens with one attached hydrogen (secondary N) is 1. The first-order valence-corrected chi connectivity index (χ1v) is 7.29. The fourth-order valence-corrected chi connectivity index (χ4v) is 3.27. The minimum Gasteiger partial charge on any atom is -0.396 e. The molecule has 2 fully saturated rings. The average Bonchev–Trinajstić information content (AvgIpc) is 2.76. The van der Waals surface area contributed by atoms with Gasteiger partial charge in [-0.05, 0) is 58.0 Å². The van der Waals surface area contributed by atoms with Crippen LogP contribution in [0.4, 0.5) is 0 Å². The molecule has 0 aromatic carbocycles. The van der Waals surface area contributed by atoms with E-state index in [9.17, 15) is 4.79 Å². The summed E-state index contributed by atoms with van der Waals surface area (Å²) < 4.78 is 0. The minimum absolute atomic E-state index is 0.214. The zero-order valence-electron chi connectivity index (χ0n) is 11.4. The van der Waals surface area contributed by atoms with Crippen molar-refractivity contribution >= 4 is 5.91 Å². The number of likely N-dealkylation sites (N-methyl/N-ethyl adjacent to an activating group) is 1. The van der Waals surface area contributed by atoms with Crippen LogP contribution < -0.4 is 5.32 Å². The first-order valence-electron chi connectivity index (χ1n) is 7.29. The first-order chi connectivity index (χ1) is 8.69. The van der Waals surface area contributed by atoms with Crippen LogP contribution in [0.3, 0.4) is 0 Å². The van der Waals surface area contributed by atoms with Gasteiger partial charge in [0.15, 0.2) is 0 Å². The molecule has 0 bridgehead atoms. The minimum atomic E-state index is 0.214. The van der Waals surface area contributed by atoms with E-state index in [-0.39, 0.29) is 18.4 Å². The normalized spacial score (nSPS) is 33.6. The molecule has 1 unspecified atom stereocenters. The molecule has 0 spiro atoms. The number of amides is 1. The predicted molar refractivity (Wildman–Crippen MR) is 71.2 cm³/mol. The lowest BCUT2D eigenvalue weighted by molar-refractivity contribution is -0.126. The van der Waals surface area contributed by atoms with Crippen LogP contribution in [0.15, 0.2) is 0 Å². The Morgan fingerprint density at radius 1 is 1.28 bits per heavy atom. The molecule has 1 saturated carbocycles. The Morgan fingerprint density at radius 2 is 2.00 bits per heavy atom. The van der Waals surface area contributed by atoms with E-state index < -0.39 is 0 Å². The summed E-state index contributed by atoms with van der Waals surface area (Å²) in [5.41, 5.74) is 0. The Morgan fingerprint density at radius 3 is 2.56 bits per heavy atom. The van der Waals surface area contributed by atoms with Crippen molar-refractivity contribution in [3.63, 3.8) is 0 Å². The van der Waals surface area contributed by atoms with Gasteiger partial charge in [-0.1, -0.05) is 0 Å². The second-order valence-electron chi connectivity index (χ2n) is 5.99. The molecule has 1 amide bonds. The number of nitrogens with zero attached hydrogens (tertiary/aromatic N) is 1. The van der Waals surface area contributed by atoms with Crippen molar-refractivity contribution in [2.75, 3.05) is 26.7 Å². The van der Waals surface area contributed by atoms with E-state index in [4.69, 9.17) is 5.11 Å². The van der Waals surface area contributed by atoms with E-state index in [1.807, 2.05) is 0 Å². The van der Waals surface area contributed by atoms with Gasteiger partial charge in [-0.3, -0.25) is 4.79 Å². The lowest BCUT2D eigenvalue weighted by atomic mass is 9.80. The summed E-state index contributed by atoms with van der Waals surface area (Å²) >= 11 is 0. The number of carbonyl (C=O) groups is 1. The van der Waals surface area contributed by atoms with Crippen LogP contribution in [-0.4, -0.2) is 48.7 Å². The molecule has 1 saturated heterocycles. The largest absolute Gasteiger partial charge is 0.396 e. The fourth-order valence-electron chi connectivity index (χ4n) is 3.27. The van der Waals surface area contributed by atoms with Crippen molar-refractivity contribution in [1.82, 2.24) is 10.2 Å². The smallest absolute Gasteiger partial charge is 0.223 e. The molecule has 18 heavy (non-hydrogen) atoms. The van der Waals surface area contributed by atoms with Crippen LogP contribution in [0.1, 0.15) is 38.5 Å². The number of likely N-dealkylation sites (tertiary alicyclic amines) is 1. The number of aliphatic hydroxyl groups is 1. The van der Waals surface area contributed by atoms with Crippen LogP contribution in [0.5, 0.6) is 0 Å². The standard InChI is InChI=1S/C14H26N2O2/c1-16-8-6-13(10-16)15-14(18)12-4-2-11(3-5-12)7-9-17/h11-13,17H,2-10H2,1H3,(H,15,18). The third kappa shape index (κ3) is 3.69. The first kappa shape index (κ1) is 13.8. The molecule has 4 nitrogen and oxygen atoms in total. The average molecular weight is 254 g/mol. The summed E-state index contributed by atoms with van der Waals surface area (Å²) in [6, 6.07) is 0.359. The number of carbonyl (C=O) groups excluding carboxylic acids is 1. The molecule has 0 aromatic heterocycles. The summed E-state index contributed by atoms with van der Waals surface area (Å²) in [5, 5.41) is 12.1. The Balaban J connectivity index is 1.70. The van der Waals surface area contributed by atoms with E-state index in [1.54, 1.807) is 0 Å². The summed E-state index contributed by atoms with van der Waals surface area (Å²) in [4.78, 5) is 14.4. The second kappa shape index (κ2) is 6.53. The molecule has 4 heteroatoms. The maximum atomic E-state index is 12.1. The van der Waals surface area contributed by atoms with Gasteiger partial charge < -0.3 is 15.3 Å². The molecule has 1 aliphatic carbocycles. The molecule has 0 aromatic rings. The molecule has 2 N–H and O–H groups in total. The van der Waals surface area contributed by atoms with Crippen molar-refractivity contribution in [3.8, 4) is 0 Å². The van der Waals surface area contributed by atoms with Crippen molar-refractivity contribution < 1.29 is 9.90 Å². The highest BCUT2D eigenvalue weighted by Gasteiger charge is 2.28. The predicted octanol–water partition coefficient (Wildman–Crippen LogP) is 0.995. The third-order valence-corrected chi connectivity index (χ3v) is 4.49. The van der Waals surface area contributed by atoms with Gasteiger partial charge in [0.1, 0.15) is 0 Å². The number of rotatable bonds is 4. The van der Waals surface area contributed by atoms with Crippen molar-refractivity contribution in [2.45, 2.75) is 44.6 Å². The Labute approximate surface area is 110 Å². The van der Waals surface area contributed by atoms with E-state index in [0.29, 0.717) is 12.0 Å².